The van der Waals surface area contributed by atoms with Crippen LogP contribution in [-0.2, 0) is 14.8 Å². The van der Waals surface area contributed by atoms with Gasteiger partial charge in [0.25, 0.3) is 0 Å². The lowest BCUT2D eigenvalue weighted by molar-refractivity contribution is 0.107. The molecule has 2 aromatic carbocycles. The summed E-state index contributed by atoms with van der Waals surface area (Å²) in [6, 6.07) is 10.8. The molecule has 1 N–H and O–H groups in total. The molecule has 2 rings (SSSR count). The third-order valence-corrected chi connectivity index (χ3v) is 5.02. The molecular weight excluding hydrogens is 333 g/mol. The maximum atomic E-state index is 13.3. The van der Waals surface area contributed by atoms with Crippen LogP contribution in [-0.4, -0.2) is 29.2 Å². The first-order valence-electron chi connectivity index (χ1n) is 7.30. The molecule has 0 aliphatic carbocycles. The smallest absolute Gasteiger partial charge is 0.244 e. The zero-order valence-corrected chi connectivity index (χ0v) is 14.6. The molecule has 24 heavy (non-hydrogen) atoms. The Hall–Kier alpha value is -1.96. The molecule has 0 heterocycles. The zero-order chi connectivity index (χ0) is 17.7. The molecule has 0 aliphatic rings. The minimum Gasteiger partial charge on any atom is -0.495 e. The molecule has 1 unspecified atom stereocenters. The van der Waals surface area contributed by atoms with Gasteiger partial charge in [0, 0.05) is 13.7 Å². The fourth-order valence-electron chi connectivity index (χ4n) is 2.30. The summed E-state index contributed by atoms with van der Waals surface area (Å²) in [4.78, 5) is 0.0547. The van der Waals surface area contributed by atoms with Gasteiger partial charge in [-0.2, -0.15) is 0 Å². The van der Waals surface area contributed by atoms with E-state index in [9.17, 15) is 12.8 Å². The summed E-state index contributed by atoms with van der Waals surface area (Å²) in [7, 11) is -0.945. The van der Waals surface area contributed by atoms with Gasteiger partial charge in [-0.3, -0.25) is 0 Å². The number of ether oxygens (including phenoxy) is 2. The summed E-state index contributed by atoms with van der Waals surface area (Å²) in [6.07, 6.45) is -0.605. The van der Waals surface area contributed by atoms with Crippen molar-refractivity contribution in [3.8, 4) is 5.75 Å². The summed E-state index contributed by atoms with van der Waals surface area (Å²) >= 11 is 0. The molecule has 0 aliphatic heterocycles. The van der Waals surface area contributed by atoms with E-state index in [1.807, 2.05) is 0 Å². The van der Waals surface area contributed by atoms with Crippen LogP contribution in [0.25, 0.3) is 0 Å². The van der Waals surface area contributed by atoms with Crippen LogP contribution in [0.2, 0.25) is 0 Å². The van der Waals surface area contributed by atoms with E-state index in [2.05, 4.69) is 4.72 Å². The molecule has 0 amide bonds. The van der Waals surface area contributed by atoms with E-state index in [4.69, 9.17) is 9.47 Å². The number of aryl methyl sites for hydroxylation is 1. The number of nitrogens with one attached hydrogen (secondary N) is 1. The second-order valence-electron chi connectivity index (χ2n) is 5.29. The van der Waals surface area contributed by atoms with E-state index in [1.165, 1.54) is 32.4 Å². The average Bonchev–Trinajstić information content (AvgIpc) is 2.55. The van der Waals surface area contributed by atoms with Gasteiger partial charge in [0.1, 0.15) is 16.5 Å². The van der Waals surface area contributed by atoms with Gasteiger partial charge in [-0.05, 0) is 42.3 Å². The molecule has 2 aromatic rings. The second-order valence-corrected chi connectivity index (χ2v) is 7.02. The minimum absolute atomic E-state index is 0.0284. The normalized spacial score (nSPS) is 12.8. The van der Waals surface area contributed by atoms with Crippen LogP contribution in [0.5, 0.6) is 5.75 Å². The van der Waals surface area contributed by atoms with Crippen LogP contribution in [0.4, 0.5) is 4.39 Å². The van der Waals surface area contributed by atoms with Crippen molar-refractivity contribution in [2.24, 2.45) is 0 Å². The van der Waals surface area contributed by atoms with Crippen molar-refractivity contribution in [3.05, 3.63) is 59.4 Å². The van der Waals surface area contributed by atoms with Gasteiger partial charge in [-0.25, -0.2) is 17.5 Å². The van der Waals surface area contributed by atoms with Gasteiger partial charge in [-0.15, -0.1) is 0 Å². The predicted molar refractivity (Wildman–Crippen MR) is 89.1 cm³/mol. The molecule has 0 saturated carbocycles. The third kappa shape index (κ3) is 4.31. The van der Waals surface area contributed by atoms with E-state index < -0.39 is 21.9 Å². The number of hydrogen-bond acceptors (Lipinski definition) is 4. The standard InChI is InChI=1S/C17H20FNO4S/c1-12-7-8-15(22-2)17(9-12)24(20,21)19-11-16(23-3)13-5-4-6-14(18)10-13/h4-10,16,19H,11H2,1-3H3. The molecule has 0 radical (unpaired) electrons. The summed E-state index contributed by atoms with van der Waals surface area (Å²) < 4.78 is 51.3. The van der Waals surface area contributed by atoms with Crippen LogP contribution in [0.1, 0.15) is 17.2 Å². The van der Waals surface area contributed by atoms with Crippen molar-refractivity contribution in [1.82, 2.24) is 4.72 Å². The van der Waals surface area contributed by atoms with Crippen molar-refractivity contribution < 1.29 is 22.3 Å². The third-order valence-electron chi connectivity index (χ3n) is 3.57. The lowest BCUT2D eigenvalue weighted by Crippen LogP contribution is -2.29. The SMILES string of the molecule is COc1ccc(C)cc1S(=O)(=O)NCC(OC)c1cccc(F)c1. The number of halogens is 1. The lowest BCUT2D eigenvalue weighted by atomic mass is 10.1. The number of sulfonamides is 1. The summed E-state index contributed by atoms with van der Waals surface area (Å²) in [5, 5.41) is 0. The van der Waals surface area contributed by atoms with E-state index >= 15 is 0 Å². The Morgan fingerprint density at radius 2 is 1.92 bits per heavy atom. The Morgan fingerprint density at radius 1 is 1.17 bits per heavy atom. The van der Waals surface area contributed by atoms with Crippen LogP contribution in [0.15, 0.2) is 47.4 Å². The summed E-state index contributed by atoms with van der Waals surface area (Å²) in [5.74, 6) is -0.148. The minimum atomic E-state index is -3.80. The van der Waals surface area contributed by atoms with E-state index in [0.29, 0.717) is 5.56 Å². The first-order chi connectivity index (χ1) is 11.4. The van der Waals surface area contributed by atoms with Crippen molar-refractivity contribution in [2.45, 2.75) is 17.9 Å². The fraction of sp³-hybridized carbons (Fsp3) is 0.294. The highest BCUT2D eigenvalue weighted by Crippen LogP contribution is 2.25. The Kier molecular flexibility index (Phi) is 5.93. The van der Waals surface area contributed by atoms with Gasteiger partial charge >= 0.3 is 0 Å². The van der Waals surface area contributed by atoms with Gasteiger partial charge in [0.05, 0.1) is 13.2 Å². The molecule has 130 valence electrons. The monoisotopic (exact) mass is 353 g/mol. The molecule has 0 saturated heterocycles. The van der Waals surface area contributed by atoms with Crippen LogP contribution >= 0.6 is 0 Å². The number of benzene rings is 2. The highest BCUT2D eigenvalue weighted by atomic mass is 32.2. The van der Waals surface area contributed by atoms with Gasteiger partial charge in [0.2, 0.25) is 10.0 Å². The van der Waals surface area contributed by atoms with Gasteiger partial charge in [-0.1, -0.05) is 18.2 Å². The highest BCUT2D eigenvalue weighted by Gasteiger charge is 2.22. The zero-order valence-electron chi connectivity index (χ0n) is 13.7. The van der Waals surface area contributed by atoms with Crippen molar-refractivity contribution >= 4 is 10.0 Å². The quantitative estimate of drug-likeness (QED) is 0.831. The van der Waals surface area contributed by atoms with Crippen molar-refractivity contribution in [3.63, 3.8) is 0 Å². The maximum Gasteiger partial charge on any atom is 0.244 e. The van der Waals surface area contributed by atoms with Crippen molar-refractivity contribution in [2.75, 3.05) is 20.8 Å². The summed E-state index contributed by atoms with van der Waals surface area (Å²) in [5.41, 5.74) is 1.35. The Balaban J connectivity index is 2.21. The fourth-order valence-corrected chi connectivity index (χ4v) is 3.58. The molecule has 7 heteroatoms. The Labute approximate surface area is 141 Å². The first-order valence-corrected chi connectivity index (χ1v) is 8.78. The van der Waals surface area contributed by atoms with Gasteiger partial charge in [0.15, 0.2) is 0 Å². The molecular formula is C17H20FNO4S. The van der Waals surface area contributed by atoms with Gasteiger partial charge < -0.3 is 9.47 Å². The molecule has 0 fully saturated rings. The van der Waals surface area contributed by atoms with Crippen LogP contribution in [0, 0.1) is 12.7 Å². The largest absolute Gasteiger partial charge is 0.495 e. The molecule has 0 spiro atoms. The van der Waals surface area contributed by atoms with E-state index in [0.717, 1.165) is 5.56 Å². The molecule has 5 nitrogen and oxygen atoms in total. The molecule has 0 aromatic heterocycles. The Morgan fingerprint density at radius 3 is 2.54 bits per heavy atom. The molecule has 0 bridgehead atoms. The predicted octanol–water partition coefficient (Wildman–Crippen LogP) is 2.81. The number of rotatable bonds is 7. The lowest BCUT2D eigenvalue weighted by Gasteiger charge is -2.17. The van der Waals surface area contributed by atoms with E-state index in [-0.39, 0.29) is 17.2 Å². The van der Waals surface area contributed by atoms with Crippen LogP contribution < -0.4 is 9.46 Å². The summed E-state index contributed by atoms with van der Waals surface area (Å²) in [6.45, 7) is 1.77. The topological polar surface area (TPSA) is 64.6 Å². The Bertz CT molecular complexity index is 808. The second kappa shape index (κ2) is 7.74. The maximum absolute atomic E-state index is 13.3. The van der Waals surface area contributed by atoms with E-state index in [1.54, 1.807) is 31.2 Å². The number of hydrogen-bond donors (Lipinski definition) is 1. The first kappa shape index (κ1) is 18.4. The molecule has 1 atom stereocenters. The highest BCUT2D eigenvalue weighted by molar-refractivity contribution is 7.89. The number of methoxy groups -OCH3 is 2. The van der Waals surface area contributed by atoms with Crippen LogP contribution in [0.3, 0.4) is 0 Å². The van der Waals surface area contributed by atoms with Crippen molar-refractivity contribution in [1.29, 1.82) is 0 Å². The average molecular weight is 353 g/mol.